The van der Waals surface area contributed by atoms with Crippen LogP contribution in [0.4, 0.5) is 0 Å². The summed E-state index contributed by atoms with van der Waals surface area (Å²) in [6, 6.07) is 5.94. The van der Waals surface area contributed by atoms with Gasteiger partial charge in [0.1, 0.15) is 24.2 Å². The van der Waals surface area contributed by atoms with Gasteiger partial charge >= 0.3 is 0 Å². The maximum Gasteiger partial charge on any atom is 0.122 e. The molecular formula is C13H18O3S. The van der Waals surface area contributed by atoms with Crippen LogP contribution in [0, 0.1) is 6.92 Å². The minimum atomic E-state index is 0.298. The SMILES string of the molecule is CSCCOc1ccc(OCC2CO2)c(C)c1. The van der Waals surface area contributed by atoms with Crippen molar-refractivity contribution in [1.29, 1.82) is 0 Å². The van der Waals surface area contributed by atoms with E-state index in [4.69, 9.17) is 14.2 Å². The van der Waals surface area contributed by atoms with Crippen LogP contribution in [-0.2, 0) is 4.74 Å². The molecule has 1 atom stereocenters. The molecule has 1 heterocycles. The van der Waals surface area contributed by atoms with Crippen molar-refractivity contribution >= 4 is 11.8 Å². The van der Waals surface area contributed by atoms with E-state index in [-0.39, 0.29) is 0 Å². The van der Waals surface area contributed by atoms with Crippen LogP contribution in [0.15, 0.2) is 18.2 Å². The van der Waals surface area contributed by atoms with Crippen LogP contribution < -0.4 is 9.47 Å². The van der Waals surface area contributed by atoms with Gasteiger partial charge in [-0.3, -0.25) is 0 Å². The highest BCUT2D eigenvalue weighted by atomic mass is 32.2. The zero-order valence-electron chi connectivity index (χ0n) is 10.3. The van der Waals surface area contributed by atoms with Gasteiger partial charge in [-0.05, 0) is 36.9 Å². The third kappa shape index (κ3) is 4.13. The lowest BCUT2D eigenvalue weighted by Gasteiger charge is -2.10. The molecule has 0 amide bonds. The summed E-state index contributed by atoms with van der Waals surface area (Å²) in [5.74, 6) is 2.83. The van der Waals surface area contributed by atoms with Gasteiger partial charge in [0.2, 0.25) is 0 Å². The summed E-state index contributed by atoms with van der Waals surface area (Å²) < 4.78 is 16.4. The summed E-state index contributed by atoms with van der Waals surface area (Å²) in [6.07, 6.45) is 2.37. The fourth-order valence-corrected chi connectivity index (χ4v) is 1.71. The monoisotopic (exact) mass is 254 g/mol. The van der Waals surface area contributed by atoms with Gasteiger partial charge in [0, 0.05) is 5.75 Å². The van der Waals surface area contributed by atoms with Crippen LogP contribution in [-0.4, -0.2) is 37.9 Å². The quantitative estimate of drug-likeness (QED) is 0.552. The second kappa shape index (κ2) is 6.17. The Balaban J connectivity index is 1.85. The number of thioether (sulfide) groups is 1. The van der Waals surface area contributed by atoms with E-state index in [0.29, 0.717) is 12.7 Å². The molecule has 0 aliphatic carbocycles. The van der Waals surface area contributed by atoms with E-state index in [1.54, 1.807) is 11.8 Å². The van der Waals surface area contributed by atoms with E-state index in [0.717, 1.165) is 36.0 Å². The molecule has 1 saturated heterocycles. The second-order valence-corrected chi connectivity index (χ2v) is 5.02. The topological polar surface area (TPSA) is 31.0 Å². The van der Waals surface area contributed by atoms with Gasteiger partial charge in [-0.25, -0.2) is 0 Å². The first-order chi connectivity index (χ1) is 8.29. The Bertz CT molecular complexity index is 364. The molecule has 17 heavy (non-hydrogen) atoms. The maximum absolute atomic E-state index is 5.66. The van der Waals surface area contributed by atoms with Gasteiger partial charge in [-0.15, -0.1) is 0 Å². The maximum atomic E-state index is 5.66. The molecule has 4 heteroatoms. The summed E-state index contributed by atoms with van der Waals surface area (Å²) in [6.45, 7) is 4.25. The second-order valence-electron chi connectivity index (χ2n) is 4.03. The number of hydrogen-bond acceptors (Lipinski definition) is 4. The molecule has 0 bridgehead atoms. The van der Waals surface area contributed by atoms with E-state index < -0.39 is 0 Å². The highest BCUT2D eigenvalue weighted by Crippen LogP contribution is 2.24. The van der Waals surface area contributed by atoms with Crippen LogP contribution in [0.2, 0.25) is 0 Å². The van der Waals surface area contributed by atoms with Crippen molar-refractivity contribution in [3.63, 3.8) is 0 Å². The average molecular weight is 254 g/mol. The molecule has 2 rings (SSSR count). The van der Waals surface area contributed by atoms with Gasteiger partial charge in [-0.1, -0.05) is 0 Å². The predicted octanol–water partition coefficient (Wildman–Crippen LogP) is 2.51. The van der Waals surface area contributed by atoms with E-state index in [9.17, 15) is 0 Å². The number of rotatable bonds is 7. The Hall–Kier alpha value is -0.870. The molecule has 1 fully saturated rings. The predicted molar refractivity (Wildman–Crippen MR) is 70.3 cm³/mol. The molecule has 0 spiro atoms. The van der Waals surface area contributed by atoms with Crippen molar-refractivity contribution in [2.24, 2.45) is 0 Å². The Morgan fingerprint density at radius 2 is 2.24 bits per heavy atom. The minimum absolute atomic E-state index is 0.298. The van der Waals surface area contributed by atoms with Crippen molar-refractivity contribution in [2.75, 3.05) is 31.8 Å². The van der Waals surface area contributed by atoms with Crippen molar-refractivity contribution in [1.82, 2.24) is 0 Å². The molecule has 0 aromatic heterocycles. The minimum Gasteiger partial charge on any atom is -0.493 e. The fraction of sp³-hybridized carbons (Fsp3) is 0.538. The zero-order chi connectivity index (χ0) is 12.1. The lowest BCUT2D eigenvalue weighted by molar-refractivity contribution is 0.261. The highest BCUT2D eigenvalue weighted by Gasteiger charge is 2.23. The molecule has 94 valence electrons. The molecule has 0 radical (unpaired) electrons. The molecule has 3 nitrogen and oxygen atoms in total. The lowest BCUT2D eigenvalue weighted by atomic mass is 10.2. The highest BCUT2D eigenvalue weighted by molar-refractivity contribution is 7.98. The molecule has 1 aliphatic rings. The van der Waals surface area contributed by atoms with E-state index in [2.05, 4.69) is 6.26 Å². The number of aryl methyl sites for hydroxylation is 1. The number of ether oxygens (including phenoxy) is 3. The number of hydrogen-bond donors (Lipinski definition) is 0. The van der Waals surface area contributed by atoms with E-state index in [1.165, 1.54) is 0 Å². The normalized spacial score (nSPS) is 17.9. The van der Waals surface area contributed by atoms with Crippen molar-refractivity contribution in [3.05, 3.63) is 23.8 Å². The number of benzene rings is 1. The van der Waals surface area contributed by atoms with E-state index >= 15 is 0 Å². The molecule has 1 aromatic rings. The largest absolute Gasteiger partial charge is 0.493 e. The van der Waals surface area contributed by atoms with E-state index in [1.807, 2.05) is 25.1 Å². The average Bonchev–Trinajstić information content (AvgIpc) is 3.12. The van der Waals surface area contributed by atoms with Gasteiger partial charge in [0.05, 0.1) is 13.2 Å². The molecule has 1 aromatic carbocycles. The smallest absolute Gasteiger partial charge is 0.122 e. The number of epoxide rings is 1. The van der Waals surface area contributed by atoms with Crippen molar-refractivity contribution in [3.8, 4) is 11.5 Å². The third-order valence-electron chi connectivity index (χ3n) is 2.53. The van der Waals surface area contributed by atoms with Crippen molar-refractivity contribution in [2.45, 2.75) is 13.0 Å². The van der Waals surface area contributed by atoms with Crippen LogP contribution >= 0.6 is 11.8 Å². The van der Waals surface area contributed by atoms with Crippen LogP contribution in [0.1, 0.15) is 5.56 Å². The molecule has 1 unspecified atom stereocenters. The Labute approximate surface area is 106 Å². The molecule has 1 aliphatic heterocycles. The molecular weight excluding hydrogens is 236 g/mol. The van der Waals surface area contributed by atoms with Gasteiger partial charge < -0.3 is 14.2 Å². The first kappa shape index (κ1) is 12.6. The fourth-order valence-electron chi connectivity index (χ4n) is 1.46. The first-order valence-corrected chi connectivity index (χ1v) is 7.16. The van der Waals surface area contributed by atoms with Crippen LogP contribution in [0.3, 0.4) is 0 Å². The summed E-state index contributed by atoms with van der Waals surface area (Å²) in [4.78, 5) is 0. The molecule has 0 saturated carbocycles. The van der Waals surface area contributed by atoms with Gasteiger partial charge in [0.15, 0.2) is 0 Å². The van der Waals surface area contributed by atoms with Gasteiger partial charge in [0.25, 0.3) is 0 Å². The summed E-state index contributed by atoms with van der Waals surface area (Å²) in [5, 5.41) is 0. The Morgan fingerprint density at radius 1 is 1.41 bits per heavy atom. The third-order valence-corrected chi connectivity index (χ3v) is 3.10. The van der Waals surface area contributed by atoms with Gasteiger partial charge in [-0.2, -0.15) is 11.8 Å². The summed E-state index contributed by atoms with van der Waals surface area (Å²) in [5.41, 5.74) is 1.10. The lowest BCUT2D eigenvalue weighted by Crippen LogP contribution is -2.05. The Morgan fingerprint density at radius 3 is 2.88 bits per heavy atom. The van der Waals surface area contributed by atoms with Crippen LogP contribution in [0.5, 0.6) is 11.5 Å². The zero-order valence-corrected chi connectivity index (χ0v) is 11.1. The summed E-state index contributed by atoms with van der Waals surface area (Å²) >= 11 is 1.78. The standard InChI is InChI=1S/C13H18O3S/c1-10-7-11(14-5-6-17-2)3-4-13(10)16-9-12-8-15-12/h3-4,7,12H,5-6,8-9H2,1-2H3. The summed E-state index contributed by atoms with van der Waals surface area (Å²) in [7, 11) is 0. The molecule has 0 N–H and O–H groups in total. The Kier molecular flexibility index (Phi) is 4.57. The first-order valence-electron chi connectivity index (χ1n) is 5.76. The van der Waals surface area contributed by atoms with Crippen molar-refractivity contribution < 1.29 is 14.2 Å². The van der Waals surface area contributed by atoms with Crippen LogP contribution in [0.25, 0.3) is 0 Å².